The van der Waals surface area contributed by atoms with E-state index in [0.717, 1.165) is 30.0 Å². The van der Waals surface area contributed by atoms with Crippen molar-refractivity contribution < 1.29 is 46.1 Å². The Morgan fingerprint density at radius 3 is 2.31 bits per heavy atom. The molecule has 1 atom stereocenters. The number of imide groups is 1. The first kappa shape index (κ1) is 47.8. The number of aryl methyl sites for hydroxylation is 3. The molecule has 2 aromatic heterocycles. The van der Waals surface area contributed by atoms with Crippen LogP contribution in [0.4, 0.5) is 27.5 Å². The fourth-order valence-electron chi connectivity index (χ4n) is 6.85. The molecule has 1 aliphatic rings. The molecule has 342 valence electrons. The summed E-state index contributed by atoms with van der Waals surface area (Å²) in [5, 5.41) is 8.26. The number of benzene rings is 3. The molecule has 0 saturated carbocycles. The summed E-state index contributed by atoms with van der Waals surface area (Å²) in [5.41, 5.74) is 8.40. The van der Waals surface area contributed by atoms with E-state index in [2.05, 4.69) is 46.6 Å². The third-order valence-electron chi connectivity index (χ3n) is 10.1. The molecule has 22 heteroatoms. The van der Waals surface area contributed by atoms with Gasteiger partial charge in [-0.3, -0.25) is 28.8 Å². The SMILES string of the molecule is Cc1cc(S(=O)(=O)NCCOCCOCCOCCOCCCc2ccc3c(c2)n(C)c(=O)n3C2CCC(=O)NC2=O)ccc1Nc1ncc(Br)c(Nc2cccc(F)c2C(N)=O)n1. The number of piperidine rings is 1. The van der Waals surface area contributed by atoms with Gasteiger partial charge in [-0.15, -0.1) is 0 Å². The number of sulfonamides is 1. The minimum atomic E-state index is -3.84. The van der Waals surface area contributed by atoms with E-state index >= 15 is 0 Å². The van der Waals surface area contributed by atoms with E-state index in [4.69, 9.17) is 24.7 Å². The van der Waals surface area contributed by atoms with E-state index in [-0.39, 0.29) is 72.1 Å². The molecule has 3 amide bonds. The van der Waals surface area contributed by atoms with Gasteiger partial charge in [-0.2, -0.15) is 4.98 Å². The predicted octanol–water partition coefficient (Wildman–Crippen LogP) is 3.88. The fourth-order valence-corrected chi connectivity index (χ4v) is 8.24. The number of carbonyl (C=O) groups is 3. The Morgan fingerprint density at radius 2 is 1.62 bits per heavy atom. The number of anilines is 4. The molecule has 5 aromatic rings. The zero-order valence-electron chi connectivity index (χ0n) is 35.2. The molecule has 0 spiro atoms. The highest BCUT2D eigenvalue weighted by Crippen LogP contribution is 2.29. The van der Waals surface area contributed by atoms with Crippen LogP contribution in [0.3, 0.4) is 0 Å². The average molecular weight is 971 g/mol. The number of carbonyl (C=O) groups excluding carboxylic acids is 3. The summed E-state index contributed by atoms with van der Waals surface area (Å²) in [5.74, 6) is -2.14. The maximum atomic E-state index is 14.3. The first-order valence-corrected chi connectivity index (χ1v) is 22.6. The minimum absolute atomic E-state index is 0.0483. The lowest BCUT2D eigenvalue weighted by molar-refractivity contribution is -0.135. The van der Waals surface area contributed by atoms with Crippen LogP contribution in [0, 0.1) is 12.7 Å². The van der Waals surface area contributed by atoms with Crippen molar-refractivity contribution in [3.05, 3.63) is 98.3 Å². The molecule has 1 unspecified atom stereocenters. The summed E-state index contributed by atoms with van der Waals surface area (Å²) >= 11 is 3.34. The van der Waals surface area contributed by atoms with Crippen molar-refractivity contribution in [2.75, 3.05) is 70.0 Å². The Morgan fingerprint density at radius 1 is 0.922 bits per heavy atom. The maximum Gasteiger partial charge on any atom is 0.329 e. The van der Waals surface area contributed by atoms with Gasteiger partial charge in [0.15, 0.2) is 0 Å². The standard InChI is InChI=1S/C42H49BrFN9O10S/c1-26-23-28(9-10-31(26)49-41-46-25-29(43)39(51-41)48-32-7-3-6-30(44)37(32)38(45)55)64(58,59)47-14-16-61-18-20-63-22-21-62-19-17-60-15-4-5-27-8-11-33-35(24-27)52(2)42(57)53(33)34-12-13-36(54)50-40(34)56/h3,6-11,23-25,34,47H,4-5,12-22H2,1-2H3,(H2,45,55)(H,50,54,56)(H2,46,48,49,51). The molecule has 0 radical (unpaired) electrons. The second kappa shape index (κ2) is 22.3. The number of rotatable bonds is 24. The number of imidazole rings is 1. The molecule has 6 N–H and O–H groups in total. The second-order valence-electron chi connectivity index (χ2n) is 14.6. The first-order chi connectivity index (χ1) is 30.7. The predicted molar refractivity (Wildman–Crippen MR) is 238 cm³/mol. The largest absolute Gasteiger partial charge is 0.379 e. The van der Waals surface area contributed by atoms with E-state index in [1.807, 2.05) is 18.2 Å². The first-order valence-electron chi connectivity index (χ1n) is 20.3. The van der Waals surface area contributed by atoms with Crippen LogP contribution < -0.4 is 32.1 Å². The van der Waals surface area contributed by atoms with Gasteiger partial charge in [-0.05, 0) is 95.7 Å². The third-order valence-corrected chi connectivity index (χ3v) is 12.1. The maximum absolute atomic E-state index is 14.3. The van der Waals surface area contributed by atoms with Crippen molar-refractivity contribution in [1.29, 1.82) is 0 Å². The van der Waals surface area contributed by atoms with Crippen molar-refractivity contribution in [1.82, 2.24) is 29.1 Å². The number of amides is 3. The van der Waals surface area contributed by atoms with E-state index in [1.54, 1.807) is 20.0 Å². The number of halogens is 2. The van der Waals surface area contributed by atoms with Gasteiger partial charge >= 0.3 is 5.69 Å². The molecule has 3 aromatic carbocycles. The van der Waals surface area contributed by atoms with Crippen LogP contribution in [0.2, 0.25) is 0 Å². The van der Waals surface area contributed by atoms with Gasteiger partial charge in [0.05, 0.1) is 77.9 Å². The minimum Gasteiger partial charge on any atom is -0.379 e. The summed E-state index contributed by atoms with van der Waals surface area (Å²) in [6.45, 7) is 4.56. The van der Waals surface area contributed by atoms with Crippen LogP contribution in [0.15, 0.2) is 75.0 Å². The number of hydrogen-bond acceptors (Lipinski definition) is 14. The number of fused-ring (bicyclic) bond motifs is 1. The van der Waals surface area contributed by atoms with Gasteiger partial charge in [0.1, 0.15) is 17.7 Å². The molecule has 0 aliphatic carbocycles. The molecule has 0 bridgehead atoms. The van der Waals surface area contributed by atoms with Crippen LogP contribution in [0.1, 0.15) is 46.8 Å². The highest BCUT2D eigenvalue weighted by molar-refractivity contribution is 9.10. The smallest absolute Gasteiger partial charge is 0.329 e. The normalized spacial score (nSPS) is 14.2. The Labute approximate surface area is 376 Å². The summed E-state index contributed by atoms with van der Waals surface area (Å²) < 4.78 is 68.4. The van der Waals surface area contributed by atoms with E-state index in [9.17, 15) is 32.0 Å². The highest BCUT2D eigenvalue weighted by atomic mass is 79.9. The Bertz CT molecular complexity index is 2660. The fraction of sp³-hybridized carbons (Fsp3) is 0.381. The zero-order chi connectivity index (χ0) is 45.8. The van der Waals surface area contributed by atoms with Crippen LogP contribution in [-0.4, -0.2) is 105 Å². The third kappa shape index (κ3) is 12.3. The average Bonchev–Trinajstić information content (AvgIpc) is 3.50. The van der Waals surface area contributed by atoms with Gasteiger partial charge in [-0.1, -0.05) is 12.1 Å². The monoisotopic (exact) mass is 969 g/mol. The van der Waals surface area contributed by atoms with Crippen molar-refractivity contribution in [2.24, 2.45) is 12.8 Å². The highest BCUT2D eigenvalue weighted by Gasteiger charge is 2.31. The summed E-state index contributed by atoms with van der Waals surface area (Å²) in [6.07, 6.45) is 3.43. The Kier molecular flexibility index (Phi) is 16.7. The zero-order valence-corrected chi connectivity index (χ0v) is 37.6. The number of nitrogens with one attached hydrogen (secondary N) is 4. The summed E-state index contributed by atoms with van der Waals surface area (Å²) in [6, 6.07) is 13.6. The van der Waals surface area contributed by atoms with Crippen LogP contribution in [0.5, 0.6) is 0 Å². The number of nitrogens with zero attached hydrogens (tertiary/aromatic N) is 4. The Balaban J connectivity index is 0.807. The molecule has 1 aliphatic heterocycles. The molecule has 64 heavy (non-hydrogen) atoms. The Hall–Kier alpha value is -5.62. The summed E-state index contributed by atoms with van der Waals surface area (Å²) in [7, 11) is -2.17. The number of primary amides is 1. The molecule has 1 saturated heterocycles. The number of aromatic nitrogens is 4. The van der Waals surface area contributed by atoms with Crippen molar-refractivity contribution in [2.45, 2.75) is 43.5 Å². The molecule has 3 heterocycles. The van der Waals surface area contributed by atoms with Crippen LogP contribution in [0.25, 0.3) is 11.0 Å². The number of nitrogens with two attached hydrogens (primary N) is 1. The number of hydrogen-bond donors (Lipinski definition) is 5. The summed E-state index contributed by atoms with van der Waals surface area (Å²) in [4.78, 5) is 57.5. The molecular weight excluding hydrogens is 921 g/mol. The molecule has 19 nitrogen and oxygen atoms in total. The lowest BCUT2D eigenvalue weighted by atomic mass is 10.1. The quantitative estimate of drug-likeness (QED) is 0.0435. The van der Waals surface area contributed by atoms with E-state index in [1.165, 1.54) is 39.6 Å². The molecule has 1 fully saturated rings. The van der Waals surface area contributed by atoms with Crippen LogP contribution >= 0.6 is 15.9 Å². The van der Waals surface area contributed by atoms with Crippen molar-refractivity contribution >= 4 is 77.8 Å². The van der Waals surface area contributed by atoms with Crippen LogP contribution in [-0.2, 0) is 52.0 Å². The van der Waals surface area contributed by atoms with Gasteiger partial charge in [-0.25, -0.2) is 27.3 Å². The topological polar surface area (TPSA) is 249 Å². The van der Waals surface area contributed by atoms with E-state index < -0.39 is 33.7 Å². The lowest BCUT2D eigenvalue weighted by Crippen LogP contribution is -2.44. The number of ether oxygens (including phenoxy) is 4. The van der Waals surface area contributed by atoms with E-state index in [0.29, 0.717) is 60.9 Å². The van der Waals surface area contributed by atoms with Gasteiger partial charge < -0.3 is 35.3 Å². The van der Waals surface area contributed by atoms with Gasteiger partial charge in [0.2, 0.25) is 27.8 Å². The lowest BCUT2D eigenvalue weighted by Gasteiger charge is -2.21. The molecular formula is C42H49BrFN9O10S. The second-order valence-corrected chi connectivity index (χ2v) is 17.2. The van der Waals surface area contributed by atoms with Crippen molar-refractivity contribution in [3.63, 3.8) is 0 Å². The van der Waals surface area contributed by atoms with Gasteiger partial charge in [0, 0.05) is 38.5 Å². The van der Waals surface area contributed by atoms with Gasteiger partial charge in [0.25, 0.3) is 5.91 Å². The molecule has 6 rings (SSSR count). The van der Waals surface area contributed by atoms with Crippen molar-refractivity contribution in [3.8, 4) is 0 Å².